The molecule has 5 aliphatic rings. The zero-order valence-corrected chi connectivity index (χ0v) is 20.1. The maximum absolute atomic E-state index is 6.44. The summed E-state index contributed by atoms with van der Waals surface area (Å²) in [4.78, 5) is 0. The van der Waals surface area contributed by atoms with Crippen LogP contribution in [0.5, 0.6) is 0 Å². The number of hydrogen-bond acceptors (Lipinski definition) is 5. The van der Waals surface area contributed by atoms with Crippen LogP contribution in [0.2, 0.25) is 0 Å². The number of hydrogen-bond donors (Lipinski definition) is 0. The predicted molar refractivity (Wildman–Crippen MR) is 124 cm³/mol. The third-order valence-corrected chi connectivity index (χ3v) is 9.17. The Labute approximate surface area is 195 Å². The standard InChI is InChI=1S/C27H46O5/c1-3-8-22-18-26-24(16-20(22)6-1)29-10-5-11-30-25-17-21-7-2-4-9-23(21)19-27(25)32-15-13-28-12-14-31-26/h20-27H,1-19H2/t20-,21-,22-,23+,24+,25+,26+,27-/m0/s1. The molecular formula is C27H46O5. The SMILES string of the molecule is C1CO[C@@H]2C[C@@H]3CCCC[C@@H]3C[C@@H]2OCCOCCO[C@@H]2C[C@@H]3CCCC[C@H]3C[C@H]2OC1. The summed E-state index contributed by atoms with van der Waals surface area (Å²) in [7, 11) is 0. The van der Waals surface area contributed by atoms with Crippen molar-refractivity contribution in [2.75, 3.05) is 39.6 Å². The number of fused-ring (bicyclic) bond motifs is 4. The van der Waals surface area contributed by atoms with Gasteiger partial charge in [-0.2, -0.15) is 0 Å². The lowest BCUT2D eigenvalue weighted by atomic mass is 9.69. The van der Waals surface area contributed by atoms with Gasteiger partial charge in [-0.25, -0.2) is 0 Å². The molecule has 0 amide bonds. The molecule has 184 valence electrons. The highest BCUT2D eigenvalue weighted by Crippen LogP contribution is 2.43. The van der Waals surface area contributed by atoms with Crippen molar-refractivity contribution in [2.24, 2.45) is 23.7 Å². The first kappa shape index (κ1) is 23.5. The molecule has 1 saturated heterocycles. The van der Waals surface area contributed by atoms with E-state index in [1.54, 1.807) is 0 Å². The average Bonchev–Trinajstić information content (AvgIpc) is 2.82. The third kappa shape index (κ3) is 6.07. The summed E-state index contributed by atoms with van der Waals surface area (Å²) in [6, 6.07) is 0. The fraction of sp³-hybridized carbons (Fsp3) is 1.00. The Morgan fingerprint density at radius 1 is 0.344 bits per heavy atom. The van der Waals surface area contributed by atoms with Gasteiger partial charge in [0.05, 0.1) is 50.8 Å². The molecule has 1 heterocycles. The lowest BCUT2D eigenvalue weighted by Crippen LogP contribution is -2.44. The van der Waals surface area contributed by atoms with Crippen LogP contribution in [0, 0.1) is 23.7 Å². The summed E-state index contributed by atoms with van der Waals surface area (Å²) in [5.41, 5.74) is 0. The lowest BCUT2D eigenvalue weighted by Gasteiger charge is -2.44. The molecule has 4 saturated carbocycles. The molecule has 1 aliphatic heterocycles. The Balaban J connectivity index is 1.16. The van der Waals surface area contributed by atoms with Crippen molar-refractivity contribution >= 4 is 0 Å². The van der Waals surface area contributed by atoms with E-state index in [0.717, 1.165) is 43.3 Å². The van der Waals surface area contributed by atoms with E-state index in [2.05, 4.69) is 0 Å². The molecule has 5 nitrogen and oxygen atoms in total. The molecule has 5 rings (SSSR count). The van der Waals surface area contributed by atoms with Crippen LogP contribution in [0.4, 0.5) is 0 Å². The van der Waals surface area contributed by atoms with Gasteiger partial charge < -0.3 is 23.7 Å². The van der Waals surface area contributed by atoms with Gasteiger partial charge in [-0.1, -0.05) is 51.4 Å². The summed E-state index contributed by atoms with van der Waals surface area (Å²) in [5.74, 6) is 3.36. The lowest BCUT2D eigenvalue weighted by molar-refractivity contribution is -0.148. The van der Waals surface area contributed by atoms with Crippen molar-refractivity contribution in [3.8, 4) is 0 Å². The van der Waals surface area contributed by atoms with Crippen molar-refractivity contribution in [2.45, 2.75) is 108 Å². The van der Waals surface area contributed by atoms with E-state index in [-0.39, 0.29) is 24.4 Å². The topological polar surface area (TPSA) is 46.2 Å². The Kier molecular flexibility index (Phi) is 8.81. The molecule has 0 unspecified atom stereocenters. The maximum atomic E-state index is 6.44. The van der Waals surface area contributed by atoms with Gasteiger partial charge in [0.15, 0.2) is 0 Å². The summed E-state index contributed by atoms with van der Waals surface area (Å²) >= 11 is 0. The van der Waals surface area contributed by atoms with E-state index in [0.29, 0.717) is 26.4 Å². The molecule has 4 aliphatic carbocycles. The van der Waals surface area contributed by atoms with Crippen LogP contribution in [0.1, 0.15) is 83.5 Å². The van der Waals surface area contributed by atoms with Crippen molar-refractivity contribution in [1.29, 1.82) is 0 Å². The van der Waals surface area contributed by atoms with Gasteiger partial charge in [0.2, 0.25) is 0 Å². The average molecular weight is 451 g/mol. The number of rotatable bonds is 0. The first-order chi connectivity index (χ1) is 15.9. The third-order valence-electron chi connectivity index (χ3n) is 9.17. The van der Waals surface area contributed by atoms with Gasteiger partial charge in [-0.15, -0.1) is 0 Å². The Bertz CT molecular complexity index is 510. The Morgan fingerprint density at radius 2 is 0.688 bits per heavy atom. The zero-order chi connectivity index (χ0) is 21.6. The second-order valence-electron chi connectivity index (χ2n) is 11.2. The maximum Gasteiger partial charge on any atom is 0.0840 e. The molecule has 5 heteroatoms. The van der Waals surface area contributed by atoms with Crippen molar-refractivity contribution in [3.63, 3.8) is 0 Å². The smallest absolute Gasteiger partial charge is 0.0840 e. The van der Waals surface area contributed by atoms with Gasteiger partial charge in [0.1, 0.15) is 0 Å². The van der Waals surface area contributed by atoms with Crippen LogP contribution in [0.15, 0.2) is 0 Å². The Hall–Kier alpha value is -0.200. The van der Waals surface area contributed by atoms with Crippen LogP contribution in [-0.2, 0) is 23.7 Å². The van der Waals surface area contributed by atoms with E-state index in [4.69, 9.17) is 23.7 Å². The molecule has 0 N–H and O–H groups in total. The summed E-state index contributed by atoms with van der Waals surface area (Å²) in [6.45, 7) is 4.19. The largest absolute Gasteiger partial charge is 0.377 e. The second kappa shape index (κ2) is 12.0. The van der Waals surface area contributed by atoms with E-state index in [1.165, 1.54) is 77.0 Å². The molecule has 0 bridgehead atoms. The highest BCUT2D eigenvalue weighted by Gasteiger charge is 2.40. The zero-order valence-electron chi connectivity index (χ0n) is 20.1. The molecule has 0 radical (unpaired) electrons. The van der Waals surface area contributed by atoms with E-state index >= 15 is 0 Å². The van der Waals surface area contributed by atoms with Crippen LogP contribution in [-0.4, -0.2) is 64.1 Å². The summed E-state index contributed by atoms with van der Waals surface area (Å²) in [5, 5.41) is 0. The fourth-order valence-corrected chi connectivity index (χ4v) is 7.46. The second-order valence-corrected chi connectivity index (χ2v) is 11.2. The van der Waals surface area contributed by atoms with Crippen LogP contribution in [0.3, 0.4) is 0 Å². The first-order valence-electron chi connectivity index (χ1n) is 13.9. The summed E-state index contributed by atoms with van der Waals surface area (Å²) < 4.78 is 31.4. The van der Waals surface area contributed by atoms with Crippen LogP contribution >= 0.6 is 0 Å². The minimum Gasteiger partial charge on any atom is -0.377 e. The molecule has 0 aromatic carbocycles. The normalized spacial score (nSPS) is 45.0. The minimum atomic E-state index is 0.231. The van der Waals surface area contributed by atoms with Gasteiger partial charge in [0, 0.05) is 13.2 Å². The van der Waals surface area contributed by atoms with E-state index in [1.807, 2.05) is 0 Å². The first-order valence-corrected chi connectivity index (χ1v) is 13.9. The van der Waals surface area contributed by atoms with Gasteiger partial charge >= 0.3 is 0 Å². The summed E-state index contributed by atoms with van der Waals surface area (Å²) in [6.07, 6.45) is 17.7. The minimum absolute atomic E-state index is 0.231. The van der Waals surface area contributed by atoms with E-state index in [9.17, 15) is 0 Å². The van der Waals surface area contributed by atoms with Gasteiger partial charge in [0.25, 0.3) is 0 Å². The van der Waals surface area contributed by atoms with Crippen LogP contribution < -0.4 is 0 Å². The monoisotopic (exact) mass is 450 g/mol. The molecule has 32 heavy (non-hydrogen) atoms. The predicted octanol–water partition coefficient (Wildman–Crippen LogP) is 5.15. The van der Waals surface area contributed by atoms with Crippen molar-refractivity contribution < 1.29 is 23.7 Å². The fourth-order valence-electron chi connectivity index (χ4n) is 7.46. The number of ether oxygens (including phenoxy) is 5. The molecule has 8 atom stereocenters. The Morgan fingerprint density at radius 3 is 1.06 bits per heavy atom. The van der Waals surface area contributed by atoms with Gasteiger partial charge in [-0.05, 0) is 55.8 Å². The van der Waals surface area contributed by atoms with Crippen molar-refractivity contribution in [3.05, 3.63) is 0 Å². The molecular weight excluding hydrogens is 404 g/mol. The molecule has 0 aromatic rings. The molecule has 5 fully saturated rings. The van der Waals surface area contributed by atoms with E-state index < -0.39 is 0 Å². The highest BCUT2D eigenvalue weighted by molar-refractivity contribution is 4.91. The molecule has 0 aromatic heterocycles. The quantitative estimate of drug-likeness (QED) is 0.511. The highest BCUT2D eigenvalue weighted by atomic mass is 16.6. The van der Waals surface area contributed by atoms with Crippen LogP contribution in [0.25, 0.3) is 0 Å². The van der Waals surface area contributed by atoms with Gasteiger partial charge in [-0.3, -0.25) is 0 Å². The van der Waals surface area contributed by atoms with Crippen molar-refractivity contribution in [1.82, 2.24) is 0 Å². The molecule has 0 spiro atoms.